The normalized spacial score (nSPS) is 23.9. The van der Waals surface area contributed by atoms with Crippen molar-refractivity contribution < 1.29 is 4.39 Å². The van der Waals surface area contributed by atoms with Gasteiger partial charge in [0, 0.05) is 0 Å². The van der Waals surface area contributed by atoms with Crippen molar-refractivity contribution >= 4 is 0 Å². The van der Waals surface area contributed by atoms with Crippen molar-refractivity contribution in [1.29, 1.82) is 0 Å². The molecule has 0 atom stereocenters. The topological polar surface area (TPSA) is 0 Å². The summed E-state index contributed by atoms with van der Waals surface area (Å²) >= 11 is 0. The highest BCUT2D eigenvalue weighted by molar-refractivity contribution is 5.27. The molecule has 0 nitrogen and oxygen atoms in total. The first-order valence-corrected chi connectivity index (χ1v) is 7.15. The van der Waals surface area contributed by atoms with E-state index < -0.39 is 0 Å². The van der Waals surface area contributed by atoms with Gasteiger partial charge in [-0.15, -0.1) is 6.58 Å². The third kappa shape index (κ3) is 3.01. The second-order valence-electron chi connectivity index (χ2n) is 5.45. The van der Waals surface area contributed by atoms with Crippen LogP contribution in [-0.2, 0) is 6.42 Å². The molecular weight excluding hydrogens is 223 g/mol. The number of aryl methyl sites for hydroxylation is 1. The Hall–Kier alpha value is -1.11. The van der Waals surface area contributed by atoms with Gasteiger partial charge in [0.05, 0.1) is 0 Å². The first-order valence-electron chi connectivity index (χ1n) is 7.15. The molecule has 0 N–H and O–H groups in total. The van der Waals surface area contributed by atoms with E-state index >= 15 is 0 Å². The van der Waals surface area contributed by atoms with Crippen LogP contribution in [0.25, 0.3) is 0 Å². The summed E-state index contributed by atoms with van der Waals surface area (Å²) in [5.41, 5.74) is 2.05. The fraction of sp³-hybridized carbons (Fsp3) is 0.529. The van der Waals surface area contributed by atoms with Gasteiger partial charge < -0.3 is 0 Å². The average molecular weight is 246 g/mol. The molecule has 0 amide bonds. The highest BCUT2D eigenvalue weighted by atomic mass is 19.1. The van der Waals surface area contributed by atoms with Crippen LogP contribution in [0.1, 0.15) is 56.1 Å². The molecule has 1 aromatic rings. The number of halogens is 1. The van der Waals surface area contributed by atoms with E-state index in [4.69, 9.17) is 0 Å². The Morgan fingerprint density at radius 3 is 2.56 bits per heavy atom. The van der Waals surface area contributed by atoms with Crippen molar-refractivity contribution in [2.24, 2.45) is 5.92 Å². The van der Waals surface area contributed by atoms with E-state index in [1.165, 1.54) is 0 Å². The zero-order valence-electron chi connectivity index (χ0n) is 11.3. The molecule has 1 heteroatoms. The highest BCUT2D eigenvalue weighted by Gasteiger charge is 2.22. The Balaban J connectivity index is 2.07. The van der Waals surface area contributed by atoms with E-state index in [1.54, 1.807) is 6.07 Å². The van der Waals surface area contributed by atoms with Crippen molar-refractivity contribution in [3.05, 3.63) is 47.8 Å². The van der Waals surface area contributed by atoms with E-state index in [9.17, 15) is 4.39 Å². The molecule has 1 fully saturated rings. The highest BCUT2D eigenvalue weighted by Crippen LogP contribution is 2.37. The Bertz CT molecular complexity index is 400. The number of benzene rings is 1. The Kier molecular flexibility index (Phi) is 4.57. The summed E-state index contributed by atoms with van der Waals surface area (Å²) in [4.78, 5) is 0. The molecular formula is C17H23F. The molecule has 0 heterocycles. The molecule has 18 heavy (non-hydrogen) atoms. The van der Waals surface area contributed by atoms with Crippen LogP contribution in [0.3, 0.4) is 0 Å². The molecule has 0 aliphatic heterocycles. The van der Waals surface area contributed by atoms with Crippen molar-refractivity contribution in [1.82, 2.24) is 0 Å². The monoisotopic (exact) mass is 246 g/mol. The third-order valence-corrected chi connectivity index (χ3v) is 4.15. The molecule has 1 aliphatic rings. The zero-order chi connectivity index (χ0) is 13.0. The standard InChI is InChI=1S/C17H23F/c1-3-5-14-8-11-16(17(18)12-14)15-9-6-13(4-2)7-10-15/h4,8,11-13,15H,2-3,5-7,9-10H2,1H3. The van der Waals surface area contributed by atoms with Gasteiger partial charge in [-0.2, -0.15) is 0 Å². The van der Waals surface area contributed by atoms with Gasteiger partial charge in [-0.05, 0) is 61.1 Å². The van der Waals surface area contributed by atoms with E-state index in [-0.39, 0.29) is 5.82 Å². The predicted molar refractivity (Wildman–Crippen MR) is 75.3 cm³/mol. The van der Waals surface area contributed by atoms with Gasteiger partial charge in [0.1, 0.15) is 5.82 Å². The Morgan fingerprint density at radius 1 is 1.28 bits per heavy atom. The Labute approximate surface area is 110 Å². The molecule has 0 unspecified atom stereocenters. The van der Waals surface area contributed by atoms with Gasteiger partial charge >= 0.3 is 0 Å². The molecule has 0 saturated heterocycles. The minimum absolute atomic E-state index is 0.00278. The van der Waals surface area contributed by atoms with Crippen LogP contribution in [0.4, 0.5) is 4.39 Å². The third-order valence-electron chi connectivity index (χ3n) is 4.15. The van der Waals surface area contributed by atoms with Gasteiger partial charge in [-0.3, -0.25) is 0 Å². The lowest BCUT2D eigenvalue weighted by Gasteiger charge is -2.27. The minimum Gasteiger partial charge on any atom is -0.207 e. The van der Waals surface area contributed by atoms with Crippen LogP contribution in [0.2, 0.25) is 0 Å². The number of hydrogen-bond acceptors (Lipinski definition) is 0. The van der Waals surface area contributed by atoms with Gasteiger partial charge in [-0.1, -0.05) is 31.6 Å². The quantitative estimate of drug-likeness (QED) is 0.637. The summed E-state index contributed by atoms with van der Waals surface area (Å²) in [6.07, 6.45) is 8.61. The maximum Gasteiger partial charge on any atom is 0.126 e. The maximum atomic E-state index is 14.1. The molecule has 1 aromatic carbocycles. The number of rotatable bonds is 4. The first kappa shape index (κ1) is 13.3. The SMILES string of the molecule is C=CC1CCC(c2ccc(CCC)cc2F)CC1. The van der Waals surface area contributed by atoms with Crippen LogP contribution >= 0.6 is 0 Å². The van der Waals surface area contributed by atoms with Crippen molar-refractivity contribution in [3.63, 3.8) is 0 Å². The van der Waals surface area contributed by atoms with E-state index in [1.807, 2.05) is 6.07 Å². The zero-order valence-corrected chi connectivity index (χ0v) is 11.3. The summed E-state index contributed by atoms with van der Waals surface area (Å²) in [5.74, 6) is 1.06. The maximum absolute atomic E-state index is 14.1. The largest absolute Gasteiger partial charge is 0.207 e. The van der Waals surface area contributed by atoms with Gasteiger partial charge in [0.2, 0.25) is 0 Å². The number of hydrogen-bond donors (Lipinski definition) is 0. The van der Waals surface area contributed by atoms with Crippen LogP contribution in [-0.4, -0.2) is 0 Å². The van der Waals surface area contributed by atoms with Gasteiger partial charge in [0.15, 0.2) is 0 Å². The summed E-state index contributed by atoms with van der Waals surface area (Å²) in [5, 5.41) is 0. The summed E-state index contributed by atoms with van der Waals surface area (Å²) in [6.45, 7) is 5.99. The molecule has 0 radical (unpaired) electrons. The molecule has 1 saturated carbocycles. The van der Waals surface area contributed by atoms with E-state index in [0.717, 1.165) is 49.7 Å². The van der Waals surface area contributed by atoms with Crippen molar-refractivity contribution in [2.45, 2.75) is 51.4 Å². The van der Waals surface area contributed by atoms with Crippen LogP contribution < -0.4 is 0 Å². The molecule has 1 aliphatic carbocycles. The number of allylic oxidation sites excluding steroid dienone is 1. The summed E-state index contributed by atoms with van der Waals surface area (Å²) in [6, 6.07) is 5.85. The second kappa shape index (κ2) is 6.17. The first-order chi connectivity index (χ1) is 8.74. The van der Waals surface area contributed by atoms with Gasteiger partial charge in [-0.25, -0.2) is 4.39 Å². The van der Waals surface area contributed by atoms with E-state index in [2.05, 4.69) is 25.6 Å². The van der Waals surface area contributed by atoms with E-state index in [0.29, 0.717) is 11.8 Å². The fourth-order valence-corrected chi connectivity index (χ4v) is 3.01. The smallest absolute Gasteiger partial charge is 0.126 e. The summed E-state index contributed by atoms with van der Waals surface area (Å²) in [7, 11) is 0. The van der Waals surface area contributed by atoms with Crippen LogP contribution in [0, 0.1) is 11.7 Å². The average Bonchev–Trinajstić information content (AvgIpc) is 2.40. The van der Waals surface area contributed by atoms with Crippen LogP contribution in [0.5, 0.6) is 0 Å². The van der Waals surface area contributed by atoms with Gasteiger partial charge in [0.25, 0.3) is 0 Å². The van der Waals surface area contributed by atoms with Crippen molar-refractivity contribution in [3.8, 4) is 0 Å². The fourth-order valence-electron chi connectivity index (χ4n) is 3.01. The lowest BCUT2D eigenvalue weighted by Crippen LogP contribution is -2.12. The lowest BCUT2D eigenvalue weighted by molar-refractivity contribution is 0.369. The minimum atomic E-state index is 0.00278. The summed E-state index contributed by atoms with van der Waals surface area (Å²) < 4.78 is 14.1. The lowest BCUT2D eigenvalue weighted by atomic mass is 9.78. The molecule has 2 rings (SSSR count). The molecule has 0 spiro atoms. The second-order valence-corrected chi connectivity index (χ2v) is 5.45. The molecule has 98 valence electrons. The predicted octanol–water partition coefficient (Wildman–Crippen LogP) is 5.24. The van der Waals surface area contributed by atoms with Crippen LogP contribution in [0.15, 0.2) is 30.9 Å². The molecule has 0 bridgehead atoms. The molecule has 0 aromatic heterocycles. The Morgan fingerprint density at radius 2 is 2.00 bits per heavy atom. The van der Waals surface area contributed by atoms with Crippen molar-refractivity contribution in [2.75, 3.05) is 0 Å².